The van der Waals surface area contributed by atoms with Crippen LogP contribution in [0.15, 0.2) is 56.3 Å². The van der Waals surface area contributed by atoms with Crippen molar-refractivity contribution in [3.05, 3.63) is 57.0 Å². The molecule has 2 aromatic carbocycles. The third-order valence-corrected chi connectivity index (χ3v) is 4.80. The van der Waals surface area contributed by atoms with E-state index in [9.17, 15) is 0 Å². The van der Waals surface area contributed by atoms with Gasteiger partial charge in [-0.25, -0.2) is 0 Å². The molecule has 0 fully saturated rings. The van der Waals surface area contributed by atoms with Crippen molar-refractivity contribution < 1.29 is 0 Å². The minimum absolute atomic E-state index is 0.789. The maximum Gasteiger partial charge on any atom is 0.0461 e. The average Bonchev–Trinajstić information content (AvgIpc) is 2.31. The topological polar surface area (TPSA) is 26.0 Å². The lowest BCUT2D eigenvalue weighted by Crippen LogP contribution is -1.90. The predicted octanol–water partition coefficient (Wildman–Crippen LogP) is 5.09. The molecule has 2 N–H and O–H groups in total. The first-order chi connectivity index (χ1) is 8.16. The molecule has 0 saturated heterocycles. The van der Waals surface area contributed by atoms with E-state index in [4.69, 9.17) is 5.73 Å². The first-order valence-electron chi connectivity index (χ1n) is 5.08. The Bertz CT molecular complexity index is 529. The van der Waals surface area contributed by atoms with Crippen LogP contribution in [0.2, 0.25) is 0 Å². The minimum atomic E-state index is 0.789. The van der Waals surface area contributed by atoms with E-state index >= 15 is 0 Å². The highest BCUT2D eigenvalue weighted by molar-refractivity contribution is 9.11. The molecule has 17 heavy (non-hydrogen) atoms. The quantitative estimate of drug-likeness (QED) is 0.600. The Morgan fingerprint density at radius 2 is 1.82 bits per heavy atom. The van der Waals surface area contributed by atoms with Crippen LogP contribution in [0.3, 0.4) is 0 Å². The molecule has 0 atom stereocenters. The molecule has 0 heterocycles. The highest BCUT2D eigenvalue weighted by atomic mass is 79.9. The van der Waals surface area contributed by atoms with Gasteiger partial charge in [0.05, 0.1) is 0 Å². The maximum absolute atomic E-state index is 5.85. The number of hydrogen-bond acceptors (Lipinski definition) is 2. The van der Waals surface area contributed by atoms with Gasteiger partial charge in [-0.2, -0.15) is 0 Å². The van der Waals surface area contributed by atoms with Crippen molar-refractivity contribution in [3.63, 3.8) is 0 Å². The fraction of sp³-hybridized carbons (Fsp3) is 0.0769. The largest absolute Gasteiger partial charge is 0.398 e. The molecule has 0 amide bonds. The summed E-state index contributed by atoms with van der Waals surface area (Å²) in [5, 5.41) is 0. The number of benzene rings is 2. The molecule has 4 heteroatoms. The molecule has 0 aliphatic heterocycles. The summed E-state index contributed by atoms with van der Waals surface area (Å²) in [6.07, 6.45) is 0. The van der Waals surface area contributed by atoms with E-state index in [-0.39, 0.29) is 0 Å². The van der Waals surface area contributed by atoms with Crippen LogP contribution in [0.1, 0.15) is 5.56 Å². The lowest BCUT2D eigenvalue weighted by molar-refractivity contribution is 1.35. The van der Waals surface area contributed by atoms with Gasteiger partial charge in [-0.3, -0.25) is 0 Å². The van der Waals surface area contributed by atoms with Crippen molar-refractivity contribution in [2.75, 3.05) is 5.73 Å². The maximum atomic E-state index is 5.85. The molecule has 0 aliphatic carbocycles. The van der Waals surface area contributed by atoms with E-state index in [2.05, 4.69) is 50.1 Å². The van der Waals surface area contributed by atoms with Crippen molar-refractivity contribution in [3.8, 4) is 0 Å². The summed E-state index contributed by atoms with van der Waals surface area (Å²) < 4.78 is 2.11. The number of rotatable bonds is 3. The van der Waals surface area contributed by atoms with Crippen molar-refractivity contribution in [1.29, 1.82) is 0 Å². The van der Waals surface area contributed by atoms with Crippen molar-refractivity contribution in [1.82, 2.24) is 0 Å². The summed E-state index contributed by atoms with van der Waals surface area (Å²) in [6.45, 7) is 0. The number of anilines is 1. The second kappa shape index (κ2) is 5.94. The van der Waals surface area contributed by atoms with Gasteiger partial charge in [0.25, 0.3) is 0 Å². The Morgan fingerprint density at radius 3 is 2.59 bits per heavy atom. The molecule has 0 radical (unpaired) electrons. The van der Waals surface area contributed by atoms with Gasteiger partial charge < -0.3 is 5.73 Å². The number of nitrogen functional groups attached to an aromatic ring is 1. The molecule has 1 nitrogen and oxygen atoms in total. The fourth-order valence-electron chi connectivity index (χ4n) is 1.43. The minimum Gasteiger partial charge on any atom is -0.398 e. The molecule has 0 bridgehead atoms. The SMILES string of the molecule is Nc1cccc(CSc2cccc(Br)c2)c1Br. The molecule has 2 rings (SSSR count). The van der Waals surface area contributed by atoms with E-state index in [1.807, 2.05) is 24.3 Å². The Kier molecular flexibility index (Phi) is 4.54. The van der Waals surface area contributed by atoms with Crippen LogP contribution in [-0.4, -0.2) is 0 Å². The van der Waals surface area contributed by atoms with E-state index in [0.717, 1.165) is 20.4 Å². The van der Waals surface area contributed by atoms with Gasteiger partial charge in [0.15, 0.2) is 0 Å². The van der Waals surface area contributed by atoms with Crippen LogP contribution in [-0.2, 0) is 5.75 Å². The fourth-order valence-corrected chi connectivity index (χ4v) is 3.52. The third kappa shape index (κ3) is 3.50. The van der Waals surface area contributed by atoms with Gasteiger partial charge in [0.2, 0.25) is 0 Å². The van der Waals surface area contributed by atoms with Crippen molar-refractivity contribution >= 4 is 49.3 Å². The number of hydrogen-bond donors (Lipinski definition) is 1. The Labute approximate surface area is 122 Å². The Morgan fingerprint density at radius 1 is 1.06 bits per heavy atom. The zero-order valence-electron chi connectivity index (χ0n) is 8.99. The van der Waals surface area contributed by atoms with Crippen LogP contribution >= 0.6 is 43.6 Å². The Balaban J connectivity index is 2.10. The molecule has 88 valence electrons. The summed E-state index contributed by atoms with van der Waals surface area (Å²) >= 11 is 8.79. The van der Waals surface area contributed by atoms with Gasteiger partial charge >= 0.3 is 0 Å². The predicted molar refractivity (Wildman–Crippen MR) is 82.3 cm³/mol. The molecule has 0 aromatic heterocycles. The number of thioether (sulfide) groups is 1. The number of nitrogens with two attached hydrogens (primary N) is 1. The first-order valence-corrected chi connectivity index (χ1v) is 7.65. The summed E-state index contributed by atoms with van der Waals surface area (Å²) in [6, 6.07) is 14.3. The van der Waals surface area contributed by atoms with Crippen molar-refractivity contribution in [2.45, 2.75) is 10.6 Å². The lowest BCUT2D eigenvalue weighted by atomic mass is 10.2. The lowest BCUT2D eigenvalue weighted by Gasteiger charge is -2.07. The average molecular weight is 373 g/mol. The van der Waals surface area contributed by atoms with Crippen LogP contribution in [0.25, 0.3) is 0 Å². The number of halogens is 2. The molecular weight excluding hydrogens is 362 g/mol. The zero-order chi connectivity index (χ0) is 12.3. The molecule has 0 unspecified atom stereocenters. The van der Waals surface area contributed by atoms with Crippen molar-refractivity contribution in [2.24, 2.45) is 0 Å². The summed E-state index contributed by atoms with van der Waals surface area (Å²) in [5.41, 5.74) is 7.86. The van der Waals surface area contributed by atoms with E-state index in [0.29, 0.717) is 0 Å². The monoisotopic (exact) mass is 371 g/mol. The molecule has 0 spiro atoms. The highest BCUT2D eigenvalue weighted by Crippen LogP contribution is 2.31. The first kappa shape index (κ1) is 13.0. The highest BCUT2D eigenvalue weighted by Gasteiger charge is 2.03. The Hall–Kier alpha value is -0.450. The summed E-state index contributed by atoms with van der Waals surface area (Å²) in [4.78, 5) is 1.24. The second-order valence-corrected chi connectivity index (χ2v) is 6.32. The van der Waals surface area contributed by atoms with Gasteiger partial charge in [-0.1, -0.05) is 34.1 Å². The van der Waals surface area contributed by atoms with Crippen LogP contribution < -0.4 is 5.73 Å². The van der Waals surface area contributed by atoms with Crippen LogP contribution in [0, 0.1) is 0 Å². The molecule has 2 aromatic rings. The zero-order valence-corrected chi connectivity index (χ0v) is 13.0. The second-order valence-electron chi connectivity index (χ2n) is 3.57. The summed E-state index contributed by atoms with van der Waals surface area (Å²) in [5.74, 6) is 0.905. The third-order valence-electron chi connectivity index (χ3n) is 2.30. The molecular formula is C13H11Br2NS. The van der Waals surface area contributed by atoms with Gasteiger partial charge in [0.1, 0.15) is 0 Å². The van der Waals surface area contributed by atoms with Gasteiger partial charge in [-0.15, -0.1) is 11.8 Å². The van der Waals surface area contributed by atoms with Gasteiger partial charge in [-0.05, 0) is 45.8 Å². The standard InChI is InChI=1S/C13H11Br2NS/c14-10-4-2-5-11(7-10)17-8-9-3-1-6-12(16)13(9)15/h1-7H,8,16H2. The molecule has 0 aliphatic rings. The van der Waals surface area contributed by atoms with E-state index < -0.39 is 0 Å². The normalized spacial score (nSPS) is 10.5. The van der Waals surface area contributed by atoms with Crippen LogP contribution in [0.5, 0.6) is 0 Å². The van der Waals surface area contributed by atoms with E-state index in [1.54, 1.807) is 11.8 Å². The van der Waals surface area contributed by atoms with Gasteiger partial charge in [0, 0.05) is 25.3 Å². The molecule has 0 saturated carbocycles. The van der Waals surface area contributed by atoms with E-state index in [1.165, 1.54) is 10.5 Å². The van der Waals surface area contributed by atoms with Crippen LogP contribution in [0.4, 0.5) is 5.69 Å². The summed E-state index contributed by atoms with van der Waals surface area (Å²) in [7, 11) is 0. The smallest absolute Gasteiger partial charge is 0.0461 e.